The highest BCUT2D eigenvalue weighted by Crippen LogP contribution is 2.26. The van der Waals surface area contributed by atoms with E-state index >= 15 is 0 Å². The van der Waals surface area contributed by atoms with Gasteiger partial charge in [0.05, 0.1) is 0 Å². The van der Waals surface area contributed by atoms with E-state index in [1.165, 1.54) is 29.2 Å². The van der Waals surface area contributed by atoms with Crippen LogP contribution in [0.1, 0.15) is 32.0 Å². The molecule has 0 N–H and O–H groups in total. The van der Waals surface area contributed by atoms with Gasteiger partial charge in [-0.25, -0.2) is 9.18 Å². The quantitative estimate of drug-likeness (QED) is 0.786. The van der Waals surface area contributed by atoms with Crippen molar-refractivity contribution in [3.05, 3.63) is 41.8 Å². The maximum absolute atomic E-state index is 13.1. The molecule has 0 radical (unpaired) electrons. The summed E-state index contributed by atoms with van der Waals surface area (Å²) < 4.78 is 18.2. The van der Waals surface area contributed by atoms with Gasteiger partial charge in [0, 0.05) is 12.1 Å². The minimum Gasteiger partial charge on any atom is -0.337 e. The highest BCUT2D eigenvalue weighted by molar-refractivity contribution is 6.13. The van der Waals surface area contributed by atoms with Crippen molar-refractivity contribution < 1.29 is 18.5 Å². The van der Waals surface area contributed by atoms with Crippen LogP contribution in [0.3, 0.4) is 0 Å². The monoisotopic (exact) mass is 332 g/mol. The molecule has 24 heavy (non-hydrogen) atoms. The molecule has 1 saturated heterocycles. The molecule has 1 unspecified atom stereocenters. The van der Waals surface area contributed by atoms with Gasteiger partial charge in [-0.15, -0.1) is 0 Å². The molecule has 1 aromatic heterocycles. The second-order valence-electron chi connectivity index (χ2n) is 5.58. The molecule has 3 amide bonds. The van der Waals surface area contributed by atoms with Crippen molar-refractivity contribution in [3.63, 3.8) is 0 Å². The summed E-state index contributed by atoms with van der Waals surface area (Å²) in [6.07, 6.45) is 1.54. The molecule has 126 valence electrons. The van der Waals surface area contributed by atoms with Gasteiger partial charge in [-0.2, -0.15) is 4.98 Å². The number of hydrogen-bond donors (Lipinski definition) is 0. The number of aromatic nitrogens is 2. The first-order valence-corrected chi connectivity index (χ1v) is 7.73. The third-order valence-electron chi connectivity index (χ3n) is 3.83. The summed E-state index contributed by atoms with van der Waals surface area (Å²) in [6, 6.07) is 4.25. The second-order valence-corrected chi connectivity index (χ2v) is 5.58. The van der Waals surface area contributed by atoms with E-state index in [1.54, 1.807) is 6.92 Å². The van der Waals surface area contributed by atoms with Crippen LogP contribution < -0.4 is 4.90 Å². The normalized spacial score (nSPS) is 17.9. The Kier molecular flexibility index (Phi) is 4.28. The van der Waals surface area contributed by atoms with E-state index in [-0.39, 0.29) is 18.3 Å². The molecule has 0 saturated carbocycles. The molecule has 1 aliphatic rings. The van der Waals surface area contributed by atoms with Crippen LogP contribution in [0.25, 0.3) is 0 Å². The van der Waals surface area contributed by atoms with Gasteiger partial charge < -0.3 is 4.52 Å². The SMILES string of the molecule is CCCc1noc(CN2C(=O)C(C)N(c3ccc(F)cc3)C2=O)n1. The lowest BCUT2D eigenvalue weighted by Crippen LogP contribution is -2.33. The molecule has 1 atom stereocenters. The van der Waals surface area contributed by atoms with E-state index in [9.17, 15) is 14.0 Å². The van der Waals surface area contributed by atoms with Gasteiger partial charge in [0.25, 0.3) is 5.91 Å². The maximum atomic E-state index is 13.1. The number of benzene rings is 1. The smallest absolute Gasteiger partial charge is 0.332 e. The van der Waals surface area contributed by atoms with Crippen LogP contribution in [0.15, 0.2) is 28.8 Å². The van der Waals surface area contributed by atoms with E-state index in [0.29, 0.717) is 17.9 Å². The van der Waals surface area contributed by atoms with Gasteiger partial charge in [-0.1, -0.05) is 12.1 Å². The molecule has 1 aliphatic heterocycles. The van der Waals surface area contributed by atoms with Crippen molar-refractivity contribution in [3.8, 4) is 0 Å². The number of hydrogen-bond acceptors (Lipinski definition) is 5. The van der Waals surface area contributed by atoms with Crippen molar-refractivity contribution in [1.29, 1.82) is 0 Å². The third-order valence-corrected chi connectivity index (χ3v) is 3.83. The van der Waals surface area contributed by atoms with Crippen molar-refractivity contribution in [1.82, 2.24) is 15.0 Å². The molecule has 8 heteroatoms. The zero-order chi connectivity index (χ0) is 17.3. The van der Waals surface area contributed by atoms with Crippen molar-refractivity contribution in [2.75, 3.05) is 4.90 Å². The highest BCUT2D eigenvalue weighted by atomic mass is 19.1. The van der Waals surface area contributed by atoms with Gasteiger partial charge in [-0.3, -0.25) is 14.6 Å². The van der Waals surface area contributed by atoms with Crippen molar-refractivity contribution >= 4 is 17.6 Å². The predicted octanol–water partition coefficient (Wildman–Crippen LogP) is 2.52. The fraction of sp³-hybridized carbons (Fsp3) is 0.375. The van der Waals surface area contributed by atoms with Crippen molar-refractivity contribution in [2.45, 2.75) is 39.3 Å². The lowest BCUT2D eigenvalue weighted by Gasteiger charge is -2.18. The second kappa shape index (κ2) is 6.38. The predicted molar refractivity (Wildman–Crippen MR) is 82.6 cm³/mol. The van der Waals surface area contributed by atoms with E-state index in [1.807, 2.05) is 6.92 Å². The van der Waals surface area contributed by atoms with E-state index in [0.717, 1.165) is 11.3 Å². The van der Waals surface area contributed by atoms with Gasteiger partial charge in [0.2, 0.25) is 5.89 Å². The number of halogens is 1. The molecule has 7 nitrogen and oxygen atoms in total. The minimum atomic E-state index is -0.680. The van der Waals surface area contributed by atoms with Gasteiger partial charge in [0.1, 0.15) is 18.4 Å². The van der Waals surface area contributed by atoms with E-state index in [2.05, 4.69) is 10.1 Å². The molecular formula is C16H17FN4O3. The van der Waals surface area contributed by atoms with Gasteiger partial charge in [-0.05, 0) is 37.6 Å². The molecule has 2 heterocycles. The zero-order valence-electron chi connectivity index (χ0n) is 13.4. The Balaban J connectivity index is 1.80. The fourth-order valence-corrected chi connectivity index (χ4v) is 2.62. The standard InChI is InChI=1S/C16H17FN4O3/c1-3-4-13-18-14(24-19-13)9-20-15(22)10(2)21(16(20)23)12-7-5-11(17)6-8-12/h5-8,10H,3-4,9H2,1-2H3. The Morgan fingerprint density at radius 2 is 1.96 bits per heavy atom. The number of urea groups is 1. The van der Waals surface area contributed by atoms with E-state index in [4.69, 9.17) is 4.52 Å². The number of carbonyl (C=O) groups excluding carboxylic acids is 2. The Labute approximate surface area is 138 Å². The number of aryl methyl sites for hydroxylation is 1. The Hall–Kier alpha value is -2.77. The lowest BCUT2D eigenvalue weighted by molar-refractivity contribution is -0.127. The average molecular weight is 332 g/mol. The number of rotatable bonds is 5. The number of imide groups is 1. The number of nitrogens with zero attached hydrogens (tertiary/aromatic N) is 4. The minimum absolute atomic E-state index is 0.0730. The Bertz CT molecular complexity index is 759. The first-order chi connectivity index (χ1) is 11.5. The fourth-order valence-electron chi connectivity index (χ4n) is 2.62. The first-order valence-electron chi connectivity index (χ1n) is 7.73. The maximum Gasteiger partial charge on any atom is 0.332 e. The van der Waals surface area contributed by atoms with Crippen molar-refractivity contribution in [2.24, 2.45) is 0 Å². The van der Waals surface area contributed by atoms with Crippen LogP contribution in [0.2, 0.25) is 0 Å². The topological polar surface area (TPSA) is 79.5 Å². The van der Waals surface area contributed by atoms with Crippen LogP contribution in [0, 0.1) is 5.82 Å². The summed E-state index contributed by atoms with van der Waals surface area (Å²) >= 11 is 0. The van der Waals surface area contributed by atoms with Crippen LogP contribution >= 0.6 is 0 Å². The van der Waals surface area contributed by atoms with E-state index < -0.39 is 17.9 Å². The number of amides is 3. The average Bonchev–Trinajstić information content (AvgIpc) is 3.08. The summed E-state index contributed by atoms with van der Waals surface area (Å²) in [6.45, 7) is 3.54. The highest BCUT2D eigenvalue weighted by Gasteiger charge is 2.43. The summed E-state index contributed by atoms with van der Waals surface area (Å²) in [7, 11) is 0. The molecular weight excluding hydrogens is 315 g/mol. The lowest BCUT2D eigenvalue weighted by atomic mass is 10.2. The molecule has 0 aliphatic carbocycles. The van der Waals surface area contributed by atoms with Crippen LogP contribution in [-0.2, 0) is 17.8 Å². The summed E-state index contributed by atoms with van der Waals surface area (Å²) in [4.78, 5) is 31.6. The number of carbonyl (C=O) groups is 2. The first kappa shape index (κ1) is 16.1. The Morgan fingerprint density at radius 1 is 1.25 bits per heavy atom. The summed E-state index contributed by atoms with van der Waals surface area (Å²) in [5.41, 5.74) is 0.460. The number of anilines is 1. The summed E-state index contributed by atoms with van der Waals surface area (Å²) in [5.74, 6) is -0.00143. The van der Waals surface area contributed by atoms with Crippen LogP contribution in [0.4, 0.5) is 14.9 Å². The Morgan fingerprint density at radius 3 is 2.62 bits per heavy atom. The van der Waals surface area contributed by atoms with Crippen LogP contribution in [0.5, 0.6) is 0 Å². The largest absolute Gasteiger partial charge is 0.337 e. The molecule has 0 bridgehead atoms. The summed E-state index contributed by atoms with van der Waals surface area (Å²) in [5, 5.41) is 3.81. The van der Waals surface area contributed by atoms with Gasteiger partial charge in [0.15, 0.2) is 5.82 Å². The molecule has 0 spiro atoms. The third kappa shape index (κ3) is 2.86. The zero-order valence-corrected chi connectivity index (χ0v) is 13.4. The van der Waals surface area contributed by atoms with Gasteiger partial charge >= 0.3 is 6.03 Å². The molecule has 1 aromatic carbocycles. The molecule has 1 fully saturated rings. The molecule has 2 aromatic rings. The van der Waals surface area contributed by atoms with Crippen LogP contribution in [-0.4, -0.2) is 33.0 Å². The molecule has 3 rings (SSSR count).